The highest BCUT2D eigenvalue weighted by Gasteiger charge is 2.30. The third kappa shape index (κ3) is 3.93. The summed E-state index contributed by atoms with van der Waals surface area (Å²) < 4.78 is 0. The number of nitrogens with two attached hydrogens (primary N) is 1. The van der Waals surface area contributed by atoms with Gasteiger partial charge < -0.3 is 11.1 Å². The Kier molecular flexibility index (Phi) is 5.46. The first-order valence-corrected chi connectivity index (χ1v) is 8.39. The molecule has 1 fully saturated rings. The number of benzene rings is 2. The molecule has 0 radical (unpaired) electrons. The summed E-state index contributed by atoms with van der Waals surface area (Å²) in [6.45, 7) is 3.52. The quantitative estimate of drug-likeness (QED) is 0.843. The molecule has 5 heteroatoms. The predicted molar refractivity (Wildman–Crippen MR) is 96.5 cm³/mol. The number of rotatable bonds is 6. The van der Waals surface area contributed by atoms with E-state index in [4.69, 9.17) is 5.73 Å². The number of piperazine rings is 1. The second kappa shape index (κ2) is 7.95. The maximum atomic E-state index is 12.3. The van der Waals surface area contributed by atoms with Gasteiger partial charge in [-0.25, -0.2) is 5.01 Å². The van der Waals surface area contributed by atoms with Crippen molar-refractivity contribution >= 4 is 11.6 Å². The molecule has 0 saturated carbocycles. The first kappa shape index (κ1) is 16.5. The molecule has 1 aliphatic rings. The van der Waals surface area contributed by atoms with Gasteiger partial charge in [0, 0.05) is 32.6 Å². The molecule has 0 aromatic heterocycles. The minimum atomic E-state index is -0.409. The lowest BCUT2D eigenvalue weighted by atomic mass is 10.0. The van der Waals surface area contributed by atoms with Gasteiger partial charge in [-0.3, -0.25) is 9.80 Å². The van der Waals surface area contributed by atoms with Crippen LogP contribution in [0, 0.1) is 0 Å². The molecule has 2 aromatic rings. The van der Waals surface area contributed by atoms with E-state index in [0.717, 1.165) is 37.4 Å². The lowest BCUT2D eigenvalue weighted by Gasteiger charge is -2.43. The molecule has 0 unspecified atom stereocenters. The fourth-order valence-electron chi connectivity index (χ4n) is 3.13. The molecule has 24 heavy (non-hydrogen) atoms. The zero-order chi connectivity index (χ0) is 16.8. The first-order chi connectivity index (χ1) is 11.8. The van der Waals surface area contributed by atoms with Crippen LogP contribution < -0.4 is 16.1 Å². The van der Waals surface area contributed by atoms with Gasteiger partial charge in [0.15, 0.2) is 0 Å². The van der Waals surface area contributed by atoms with Gasteiger partial charge in [0.25, 0.3) is 0 Å². The molecule has 0 spiro atoms. The van der Waals surface area contributed by atoms with Crippen molar-refractivity contribution in [1.82, 2.24) is 10.3 Å². The van der Waals surface area contributed by atoms with E-state index in [-0.39, 0.29) is 5.91 Å². The number of amides is 1. The van der Waals surface area contributed by atoms with E-state index in [0.29, 0.717) is 6.42 Å². The molecular formula is C19H24N4O. The molecule has 1 atom stereocenters. The summed E-state index contributed by atoms with van der Waals surface area (Å²) in [4.78, 5) is 12.3. The lowest BCUT2D eigenvalue weighted by molar-refractivity contribution is -0.120. The zero-order valence-corrected chi connectivity index (χ0v) is 13.8. The van der Waals surface area contributed by atoms with Crippen LogP contribution in [0.25, 0.3) is 0 Å². The second-order valence-electron chi connectivity index (χ2n) is 5.99. The summed E-state index contributed by atoms with van der Waals surface area (Å²) >= 11 is 0. The monoisotopic (exact) mass is 324 g/mol. The molecule has 126 valence electrons. The van der Waals surface area contributed by atoms with E-state index >= 15 is 0 Å². The van der Waals surface area contributed by atoms with Crippen LogP contribution in [0.15, 0.2) is 60.7 Å². The summed E-state index contributed by atoms with van der Waals surface area (Å²) in [7, 11) is 0. The third-order valence-electron chi connectivity index (χ3n) is 4.31. The Morgan fingerprint density at radius 3 is 2.21 bits per heavy atom. The van der Waals surface area contributed by atoms with Crippen molar-refractivity contribution in [3.63, 3.8) is 0 Å². The molecule has 1 amide bonds. The van der Waals surface area contributed by atoms with Crippen LogP contribution in [0.1, 0.15) is 5.56 Å². The van der Waals surface area contributed by atoms with Crippen molar-refractivity contribution in [1.29, 1.82) is 0 Å². The van der Waals surface area contributed by atoms with Crippen molar-refractivity contribution in [3.05, 3.63) is 66.2 Å². The van der Waals surface area contributed by atoms with E-state index in [9.17, 15) is 4.79 Å². The van der Waals surface area contributed by atoms with Gasteiger partial charge in [0.2, 0.25) is 5.91 Å². The van der Waals surface area contributed by atoms with Crippen molar-refractivity contribution < 1.29 is 4.79 Å². The van der Waals surface area contributed by atoms with Crippen LogP contribution in [-0.4, -0.2) is 43.1 Å². The number of hydrogen-bond acceptors (Lipinski definition) is 4. The summed E-state index contributed by atoms with van der Waals surface area (Å²) in [6.07, 6.45) is 0.592. The number of nitrogens with one attached hydrogen (secondary N) is 1. The smallest absolute Gasteiger partial charge is 0.242 e. The summed E-state index contributed by atoms with van der Waals surface area (Å²) in [5.41, 5.74) is 7.91. The van der Waals surface area contributed by atoms with E-state index in [2.05, 4.69) is 15.3 Å². The molecule has 3 N–H and O–H groups in total. The highest BCUT2D eigenvalue weighted by Crippen LogP contribution is 2.22. The SMILES string of the molecule is NC(=O)[C@H](Cc1ccccc1)N(c1ccccc1)N1CCNCC1. The number of nitrogens with zero attached hydrogens (tertiary/aromatic N) is 2. The molecule has 1 aliphatic heterocycles. The first-order valence-electron chi connectivity index (χ1n) is 8.39. The minimum Gasteiger partial charge on any atom is -0.368 e. The molecule has 1 heterocycles. The average Bonchev–Trinajstić information content (AvgIpc) is 2.64. The maximum Gasteiger partial charge on any atom is 0.242 e. The highest BCUT2D eigenvalue weighted by atomic mass is 16.1. The van der Waals surface area contributed by atoms with Crippen molar-refractivity contribution in [2.45, 2.75) is 12.5 Å². The molecule has 0 bridgehead atoms. The molecule has 3 rings (SSSR count). The Balaban J connectivity index is 1.92. The van der Waals surface area contributed by atoms with Crippen molar-refractivity contribution in [2.75, 3.05) is 31.2 Å². The zero-order valence-electron chi connectivity index (χ0n) is 13.8. The van der Waals surface area contributed by atoms with Gasteiger partial charge in [-0.05, 0) is 17.7 Å². The lowest BCUT2D eigenvalue weighted by Crippen LogP contribution is -2.59. The normalized spacial score (nSPS) is 16.5. The van der Waals surface area contributed by atoms with Crippen LogP contribution in [0.5, 0.6) is 0 Å². The van der Waals surface area contributed by atoms with E-state index in [1.54, 1.807) is 0 Å². The third-order valence-corrected chi connectivity index (χ3v) is 4.31. The molecule has 5 nitrogen and oxygen atoms in total. The van der Waals surface area contributed by atoms with Crippen LogP contribution in [0.3, 0.4) is 0 Å². The van der Waals surface area contributed by atoms with Gasteiger partial charge >= 0.3 is 0 Å². The van der Waals surface area contributed by atoms with E-state index in [1.807, 2.05) is 60.7 Å². The Bertz CT molecular complexity index is 641. The van der Waals surface area contributed by atoms with E-state index < -0.39 is 6.04 Å². The van der Waals surface area contributed by atoms with Crippen LogP contribution >= 0.6 is 0 Å². The standard InChI is InChI=1S/C19H24N4O/c20-19(24)18(15-16-7-3-1-4-8-16)23(17-9-5-2-6-10-17)22-13-11-21-12-14-22/h1-10,18,21H,11-15H2,(H2,20,24)/t18-/m0/s1. The Morgan fingerprint density at radius 2 is 1.62 bits per heavy atom. The number of hydrazine groups is 1. The fourth-order valence-corrected chi connectivity index (χ4v) is 3.13. The van der Waals surface area contributed by atoms with Crippen LogP contribution in [-0.2, 0) is 11.2 Å². The number of carbonyl (C=O) groups excluding carboxylic acids is 1. The van der Waals surface area contributed by atoms with Crippen molar-refractivity contribution in [3.8, 4) is 0 Å². The second-order valence-corrected chi connectivity index (χ2v) is 5.99. The summed E-state index contributed by atoms with van der Waals surface area (Å²) in [5.74, 6) is -0.304. The number of hydrogen-bond donors (Lipinski definition) is 2. The van der Waals surface area contributed by atoms with Crippen molar-refractivity contribution in [2.24, 2.45) is 5.73 Å². The molecule has 0 aliphatic carbocycles. The largest absolute Gasteiger partial charge is 0.368 e. The topological polar surface area (TPSA) is 61.6 Å². The Labute approximate surface area is 143 Å². The molecular weight excluding hydrogens is 300 g/mol. The summed E-state index contributed by atoms with van der Waals surface area (Å²) in [5, 5.41) is 7.66. The van der Waals surface area contributed by atoms with Gasteiger partial charge in [-0.2, -0.15) is 0 Å². The van der Waals surface area contributed by atoms with Gasteiger partial charge in [-0.1, -0.05) is 48.5 Å². The molecule has 1 saturated heterocycles. The maximum absolute atomic E-state index is 12.3. The minimum absolute atomic E-state index is 0.304. The van der Waals surface area contributed by atoms with Crippen LogP contribution in [0.2, 0.25) is 0 Å². The van der Waals surface area contributed by atoms with Gasteiger partial charge in [0.1, 0.15) is 6.04 Å². The van der Waals surface area contributed by atoms with Gasteiger partial charge in [-0.15, -0.1) is 0 Å². The summed E-state index contributed by atoms with van der Waals surface area (Å²) in [6, 6.07) is 19.7. The number of primary amides is 1. The molecule has 2 aromatic carbocycles. The number of anilines is 1. The van der Waals surface area contributed by atoms with Gasteiger partial charge in [0.05, 0.1) is 5.69 Å². The van der Waals surface area contributed by atoms with E-state index in [1.165, 1.54) is 0 Å². The number of para-hydroxylation sites is 1. The van der Waals surface area contributed by atoms with Crippen LogP contribution in [0.4, 0.5) is 5.69 Å². The fraction of sp³-hybridized carbons (Fsp3) is 0.316. The Hall–Kier alpha value is -2.37. The average molecular weight is 324 g/mol. The predicted octanol–water partition coefficient (Wildman–Crippen LogP) is 1.41. The number of carbonyl (C=O) groups is 1. The Morgan fingerprint density at radius 1 is 1.04 bits per heavy atom. The highest BCUT2D eigenvalue weighted by molar-refractivity contribution is 5.83.